The van der Waals surface area contributed by atoms with Crippen LogP contribution in [0.2, 0.25) is 0 Å². The minimum Gasteiger partial charge on any atom is -0.368 e. The van der Waals surface area contributed by atoms with Gasteiger partial charge in [0, 0.05) is 5.56 Å². The van der Waals surface area contributed by atoms with Crippen molar-refractivity contribution in [1.82, 2.24) is 10.6 Å². The zero-order valence-electron chi connectivity index (χ0n) is 7.53. The van der Waals surface area contributed by atoms with E-state index in [1.807, 2.05) is 6.92 Å². The summed E-state index contributed by atoms with van der Waals surface area (Å²) in [4.78, 5) is 3.84. The molecule has 1 aromatic rings. The molecule has 0 saturated heterocycles. The second-order valence-electron chi connectivity index (χ2n) is 2.62. The third-order valence-electron chi connectivity index (χ3n) is 1.70. The van der Waals surface area contributed by atoms with Gasteiger partial charge in [0.2, 0.25) is 5.96 Å². The van der Waals surface area contributed by atoms with E-state index in [-0.39, 0.29) is 5.96 Å². The summed E-state index contributed by atoms with van der Waals surface area (Å²) in [5, 5.41) is 12.1. The third-order valence-corrected chi connectivity index (χ3v) is 1.70. The molecule has 0 spiro atoms. The van der Waals surface area contributed by atoms with E-state index in [0.717, 1.165) is 11.3 Å². The summed E-state index contributed by atoms with van der Waals surface area (Å²) < 4.78 is 4.92. The molecule has 0 saturated carbocycles. The van der Waals surface area contributed by atoms with Crippen LogP contribution in [0.25, 0.3) is 0 Å². The van der Waals surface area contributed by atoms with Crippen molar-refractivity contribution in [3.63, 3.8) is 0 Å². The maximum Gasteiger partial charge on any atom is 0.213 e. The Balaban J connectivity index is 2.74. The number of hydroxylamine groups is 1. The Labute approximate surface area is 75.4 Å². The molecule has 6 heteroatoms. The van der Waals surface area contributed by atoms with Crippen LogP contribution in [0.15, 0.2) is 9.52 Å². The van der Waals surface area contributed by atoms with Crippen LogP contribution in [0, 0.1) is 13.8 Å². The van der Waals surface area contributed by atoms with Crippen LogP contribution in [0.5, 0.6) is 0 Å². The molecule has 4 N–H and O–H groups in total. The molecule has 0 aromatic carbocycles. The molecule has 0 atom stereocenters. The van der Waals surface area contributed by atoms with Crippen LogP contribution in [0.4, 0.5) is 0 Å². The quantitative estimate of drug-likeness (QED) is 0.343. The third kappa shape index (κ3) is 2.19. The first-order valence-corrected chi connectivity index (χ1v) is 3.77. The molecule has 1 rings (SSSR count). The highest BCUT2D eigenvalue weighted by Gasteiger charge is 2.07. The number of nitrogens with two attached hydrogens (primary N) is 1. The number of rotatable bonds is 2. The van der Waals surface area contributed by atoms with Crippen LogP contribution < -0.4 is 11.2 Å². The van der Waals surface area contributed by atoms with Crippen molar-refractivity contribution in [1.29, 1.82) is 0 Å². The molecular weight excluding hydrogens is 172 g/mol. The SMILES string of the molecule is Cc1noc(C)c1CN=C(N)NO. The maximum atomic E-state index is 8.36. The Bertz CT molecular complexity index is 299. The number of aliphatic imine (C=N–C) groups is 1. The second-order valence-corrected chi connectivity index (χ2v) is 2.62. The highest BCUT2D eigenvalue weighted by atomic mass is 16.5. The Morgan fingerprint density at radius 3 is 2.85 bits per heavy atom. The summed E-state index contributed by atoms with van der Waals surface area (Å²) in [6.07, 6.45) is 0. The lowest BCUT2D eigenvalue weighted by molar-refractivity contribution is 0.232. The van der Waals surface area contributed by atoms with Gasteiger partial charge in [-0.05, 0) is 13.8 Å². The molecule has 0 amide bonds. The van der Waals surface area contributed by atoms with E-state index in [0.29, 0.717) is 12.3 Å². The molecule has 6 nitrogen and oxygen atoms in total. The molecule has 13 heavy (non-hydrogen) atoms. The molecule has 0 bridgehead atoms. The largest absolute Gasteiger partial charge is 0.368 e. The Morgan fingerprint density at radius 2 is 2.38 bits per heavy atom. The molecule has 1 aromatic heterocycles. The average Bonchev–Trinajstić information content (AvgIpc) is 2.43. The number of guanidine groups is 1. The lowest BCUT2D eigenvalue weighted by Crippen LogP contribution is -2.28. The van der Waals surface area contributed by atoms with Gasteiger partial charge < -0.3 is 10.3 Å². The Kier molecular flexibility index (Phi) is 2.86. The van der Waals surface area contributed by atoms with Gasteiger partial charge in [-0.25, -0.2) is 10.5 Å². The first-order chi connectivity index (χ1) is 6.15. The Hall–Kier alpha value is -1.56. The number of aryl methyl sites for hydroxylation is 2. The first kappa shape index (κ1) is 9.53. The summed E-state index contributed by atoms with van der Waals surface area (Å²) in [5.41, 5.74) is 8.64. The molecule has 0 aliphatic rings. The fourth-order valence-electron chi connectivity index (χ4n) is 0.927. The van der Waals surface area contributed by atoms with E-state index < -0.39 is 0 Å². The summed E-state index contributed by atoms with van der Waals surface area (Å²) >= 11 is 0. The first-order valence-electron chi connectivity index (χ1n) is 3.77. The fourth-order valence-corrected chi connectivity index (χ4v) is 0.927. The van der Waals surface area contributed by atoms with Crippen molar-refractivity contribution >= 4 is 5.96 Å². The number of hydrogen-bond donors (Lipinski definition) is 3. The van der Waals surface area contributed by atoms with Crippen molar-refractivity contribution in [3.05, 3.63) is 17.0 Å². The molecule has 0 radical (unpaired) electrons. The van der Waals surface area contributed by atoms with Gasteiger partial charge in [0.05, 0.1) is 12.2 Å². The molecule has 0 unspecified atom stereocenters. The van der Waals surface area contributed by atoms with Crippen LogP contribution in [-0.2, 0) is 6.54 Å². The van der Waals surface area contributed by atoms with E-state index in [9.17, 15) is 0 Å². The average molecular weight is 184 g/mol. The topological polar surface area (TPSA) is 96.7 Å². The minimum atomic E-state index is -0.0278. The molecule has 0 aliphatic heterocycles. The number of aromatic nitrogens is 1. The highest BCUT2D eigenvalue weighted by Crippen LogP contribution is 2.12. The van der Waals surface area contributed by atoms with Crippen molar-refractivity contribution < 1.29 is 9.73 Å². The van der Waals surface area contributed by atoms with Crippen LogP contribution in [0.1, 0.15) is 17.0 Å². The summed E-state index contributed by atoms with van der Waals surface area (Å²) in [6, 6.07) is 0. The van der Waals surface area contributed by atoms with Gasteiger partial charge in [-0.2, -0.15) is 0 Å². The van der Waals surface area contributed by atoms with E-state index >= 15 is 0 Å². The van der Waals surface area contributed by atoms with Gasteiger partial charge in [-0.1, -0.05) is 5.16 Å². The van der Waals surface area contributed by atoms with Gasteiger partial charge >= 0.3 is 0 Å². The maximum absolute atomic E-state index is 8.36. The van der Waals surface area contributed by atoms with Crippen molar-refractivity contribution in [3.8, 4) is 0 Å². The monoisotopic (exact) mass is 184 g/mol. The lowest BCUT2D eigenvalue weighted by Gasteiger charge is -1.97. The Morgan fingerprint density at radius 1 is 1.69 bits per heavy atom. The molecule has 1 heterocycles. The zero-order chi connectivity index (χ0) is 9.84. The molecule has 0 aliphatic carbocycles. The van der Waals surface area contributed by atoms with Gasteiger partial charge in [0.25, 0.3) is 0 Å². The number of hydrogen-bond acceptors (Lipinski definition) is 4. The summed E-state index contributed by atoms with van der Waals surface area (Å²) in [5.74, 6) is 0.687. The lowest BCUT2D eigenvalue weighted by atomic mass is 10.2. The van der Waals surface area contributed by atoms with Gasteiger partial charge in [0.1, 0.15) is 5.76 Å². The zero-order valence-corrected chi connectivity index (χ0v) is 7.53. The van der Waals surface area contributed by atoms with Gasteiger partial charge in [-0.3, -0.25) is 5.21 Å². The molecule has 72 valence electrons. The van der Waals surface area contributed by atoms with E-state index in [4.69, 9.17) is 15.5 Å². The molecular formula is C7H12N4O2. The summed E-state index contributed by atoms with van der Waals surface area (Å²) in [6.45, 7) is 3.97. The van der Waals surface area contributed by atoms with E-state index in [1.165, 1.54) is 0 Å². The van der Waals surface area contributed by atoms with Crippen LogP contribution in [0.3, 0.4) is 0 Å². The molecule has 0 fully saturated rings. The number of nitrogens with zero attached hydrogens (tertiary/aromatic N) is 2. The smallest absolute Gasteiger partial charge is 0.213 e. The highest BCUT2D eigenvalue weighted by molar-refractivity contribution is 5.76. The fraction of sp³-hybridized carbons (Fsp3) is 0.429. The predicted octanol–water partition coefficient (Wildman–Crippen LogP) is 0.0849. The van der Waals surface area contributed by atoms with Gasteiger partial charge in [0.15, 0.2) is 0 Å². The van der Waals surface area contributed by atoms with Crippen molar-refractivity contribution in [2.24, 2.45) is 10.7 Å². The normalized spacial score (nSPS) is 11.8. The van der Waals surface area contributed by atoms with Crippen LogP contribution in [-0.4, -0.2) is 16.3 Å². The standard InChI is InChI=1S/C7H12N4O2/c1-4-6(5(2)13-11-4)3-9-7(8)10-12/h12H,3H2,1-2H3,(H3,8,9,10). The van der Waals surface area contributed by atoms with E-state index in [1.54, 1.807) is 12.4 Å². The van der Waals surface area contributed by atoms with E-state index in [2.05, 4.69) is 10.1 Å². The summed E-state index contributed by atoms with van der Waals surface area (Å²) in [7, 11) is 0. The van der Waals surface area contributed by atoms with Gasteiger partial charge in [-0.15, -0.1) is 0 Å². The van der Waals surface area contributed by atoms with Crippen molar-refractivity contribution in [2.45, 2.75) is 20.4 Å². The van der Waals surface area contributed by atoms with Crippen LogP contribution >= 0.6 is 0 Å². The van der Waals surface area contributed by atoms with Crippen molar-refractivity contribution in [2.75, 3.05) is 0 Å². The predicted molar refractivity (Wildman–Crippen MR) is 46.2 cm³/mol. The second kappa shape index (κ2) is 3.90. The minimum absolute atomic E-state index is 0.0278. The number of nitrogens with one attached hydrogen (secondary N) is 1.